The molecule has 0 amide bonds. The zero-order chi connectivity index (χ0) is 14.1. The third kappa shape index (κ3) is 2.88. The smallest absolute Gasteiger partial charge is 0.191 e. The first-order valence-electron chi connectivity index (χ1n) is 7.72. The lowest BCUT2D eigenvalue weighted by Crippen LogP contribution is -2.52. The van der Waals surface area contributed by atoms with Crippen molar-refractivity contribution in [3.8, 4) is 0 Å². The zero-order valence-corrected chi connectivity index (χ0v) is 13.1. The molecule has 2 N–H and O–H groups in total. The predicted molar refractivity (Wildman–Crippen MR) is 81.3 cm³/mol. The van der Waals surface area contributed by atoms with Crippen LogP contribution in [0.4, 0.5) is 0 Å². The van der Waals surface area contributed by atoms with Gasteiger partial charge in [0, 0.05) is 13.1 Å². The Morgan fingerprint density at radius 2 is 1.95 bits per heavy atom. The van der Waals surface area contributed by atoms with Crippen molar-refractivity contribution in [1.29, 1.82) is 0 Å². The van der Waals surface area contributed by atoms with E-state index in [4.69, 9.17) is 5.73 Å². The number of nitrogens with two attached hydrogens (primary N) is 1. The number of hydrogen-bond donors (Lipinski definition) is 1. The molecule has 1 fully saturated rings. The number of likely N-dealkylation sites (N-methyl/N-ethyl adjacent to an activating group) is 1. The number of rotatable bonds is 5. The van der Waals surface area contributed by atoms with Crippen molar-refractivity contribution < 1.29 is 0 Å². The highest BCUT2D eigenvalue weighted by Crippen LogP contribution is 2.48. The summed E-state index contributed by atoms with van der Waals surface area (Å²) in [5, 5.41) is 0. The standard InChI is InChI=1S/C15H30N4/c1-5-18(6-2)9-10-19-13(16)17-12-15(19)8-7-14(3,4)11-15/h5-12H2,1-4H3,(H2,16,17). The van der Waals surface area contributed by atoms with Crippen LogP contribution in [0.3, 0.4) is 0 Å². The van der Waals surface area contributed by atoms with E-state index >= 15 is 0 Å². The lowest BCUT2D eigenvalue weighted by atomic mass is 9.87. The van der Waals surface area contributed by atoms with Gasteiger partial charge in [0.15, 0.2) is 5.96 Å². The van der Waals surface area contributed by atoms with E-state index in [0.717, 1.165) is 38.7 Å². The topological polar surface area (TPSA) is 44.9 Å². The van der Waals surface area contributed by atoms with Crippen LogP contribution in [0.15, 0.2) is 4.99 Å². The number of guanidine groups is 1. The zero-order valence-electron chi connectivity index (χ0n) is 13.1. The quantitative estimate of drug-likeness (QED) is 0.827. The second-order valence-electron chi connectivity index (χ2n) is 6.92. The monoisotopic (exact) mass is 266 g/mol. The van der Waals surface area contributed by atoms with Gasteiger partial charge < -0.3 is 15.5 Å². The molecule has 1 aliphatic heterocycles. The highest BCUT2D eigenvalue weighted by molar-refractivity contribution is 5.81. The third-order valence-electron chi connectivity index (χ3n) is 4.99. The van der Waals surface area contributed by atoms with E-state index in [9.17, 15) is 0 Å². The summed E-state index contributed by atoms with van der Waals surface area (Å²) < 4.78 is 0. The molecule has 4 nitrogen and oxygen atoms in total. The molecular weight excluding hydrogens is 236 g/mol. The van der Waals surface area contributed by atoms with Gasteiger partial charge in [-0.15, -0.1) is 0 Å². The first kappa shape index (κ1) is 14.6. The molecule has 1 atom stereocenters. The van der Waals surface area contributed by atoms with Crippen LogP contribution < -0.4 is 5.73 Å². The summed E-state index contributed by atoms with van der Waals surface area (Å²) in [4.78, 5) is 9.41. The van der Waals surface area contributed by atoms with Crippen molar-refractivity contribution in [1.82, 2.24) is 9.80 Å². The highest BCUT2D eigenvalue weighted by atomic mass is 15.4. The van der Waals surface area contributed by atoms with Crippen LogP contribution in [0.5, 0.6) is 0 Å². The molecule has 0 aromatic rings. The molecule has 1 heterocycles. The van der Waals surface area contributed by atoms with Crippen molar-refractivity contribution in [2.45, 2.75) is 52.5 Å². The van der Waals surface area contributed by atoms with Crippen molar-refractivity contribution in [2.24, 2.45) is 16.1 Å². The van der Waals surface area contributed by atoms with Gasteiger partial charge in [0.25, 0.3) is 0 Å². The van der Waals surface area contributed by atoms with Gasteiger partial charge in [-0.25, -0.2) is 0 Å². The first-order valence-corrected chi connectivity index (χ1v) is 7.72. The highest BCUT2D eigenvalue weighted by Gasteiger charge is 2.50. The van der Waals surface area contributed by atoms with Gasteiger partial charge >= 0.3 is 0 Å². The molecule has 1 unspecified atom stereocenters. The number of hydrogen-bond acceptors (Lipinski definition) is 4. The maximum Gasteiger partial charge on any atom is 0.191 e. The van der Waals surface area contributed by atoms with Crippen LogP contribution in [0.2, 0.25) is 0 Å². The maximum absolute atomic E-state index is 6.15. The van der Waals surface area contributed by atoms with E-state index in [1.807, 2.05) is 0 Å². The largest absolute Gasteiger partial charge is 0.370 e. The Hall–Kier alpha value is -0.770. The molecule has 110 valence electrons. The minimum absolute atomic E-state index is 0.223. The molecule has 2 rings (SSSR count). The number of nitrogens with zero attached hydrogens (tertiary/aromatic N) is 3. The van der Waals surface area contributed by atoms with Crippen LogP contribution in [-0.4, -0.2) is 54.0 Å². The van der Waals surface area contributed by atoms with E-state index in [2.05, 4.69) is 42.5 Å². The van der Waals surface area contributed by atoms with E-state index in [1.165, 1.54) is 19.3 Å². The number of aliphatic imine (C=N–C) groups is 1. The Balaban J connectivity index is 2.02. The Bertz CT molecular complexity index is 346. The van der Waals surface area contributed by atoms with Crippen molar-refractivity contribution in [3.63, 3.8) is 0 Å². The Morgan fingerprint density at radius 1 is 1.26 bits per heavy atom. The second kappa shape index (κ2) is 5.31. The summed E-state index contributed by atoms with van der Waals surface area (Å²) in [6.07, 6.45) is 3.75. The fourth-order valence-corrected chi connectivity index (χ4v) is 3.78. The predicted octanol–water partition coefficient (Wildman–Crippen LogP) is 1.91. The molecule has 1 saturated carbocycles. The van der Waals surface area contributed by atoms with E-state index < -0.39 is 0 Å². The Kier molecular flexibility index (Phi) is 4.09. The van der Waals surface area contributed by atoms with Crippen LogP contribution in [-0.2, 0) is 0 Å². The van der Waals surface area contributed by atoms with Crippen molar-refractivity contribution >= 4 is 5.96 Å². The summed E-state index contributed by atoms with van der Waals surface area (Å²) >= 11 is 0. The fraction of sp³-hybridized carbons (Fsp3) is 0.933. The van der Waals surface area contributed by atoms with Crippen LogP contribution >= 0.6 is 0 Å². The van der Waals surface area contributed by atoms with Gasteiger partial charge in [0.05, 0.1) is 12.1 Å². The van der Waals surface area contributed by atoms with Gasteiger partial charge in [-0.3, -0.25) is 4.99 Å². The normalized spacial score (nSPS) is 29.5. The summed E-state index contributed by atoms with van der Waals surface area (Å²) in [5.74, 6) is 0.768. The molecule has 2 aliphatic rings. The van der Waals surface area contributed by atoms with Crippen molar-refractivity contribution in [3.05, 3.63) is 0 Å². The summed E-state index contributed by atoms with van der Waals surface area (Å²) in [5.41, 5.74) is 6.81. The summed E-state index contributed by atoms with van der Waals surface area (Å²) in [6, 6.07) is 0. The Morgan fingerprint density at radius 3 is 2.47 bits per heavy atom. The average Bonchev–Trinajstić information content (AvgIpc) is 2.83. The lowest BCUT2D eigenvalue weighted by Gasteiger charge is -2.38. The van der Waals surface area contributed by atoms with Crippen LogP contribution in [0.1, 0.15) is 47.0 Å². The molecule has 0 radical (unpaired) electrons. The first-order chi connectivity index (χ1) is 8.92. The van der Waals surface area contributed by atoms with Gasteiger partial charge in [-0.05, 0) is 37.8 Å². The average molecular weight is 266 g/mol. The van der Waals surface area contributed by atoms with Crippen LogP contribution in [0.25, 0.3) is 0 Å². The van der Waals surface area contributed by atoms with Gasteiger partial charge in [0.2, 0.25) is 0 Å². The Labute approximate surface area is 118 Å². The molecule has 0 bridgehead atoms. The lowest BCUT2D eigenvalue weighted by molar-refractivity contribution is 0.163. The molecule has 1 aliphatic carbocycles. The van der Waals surface area contributed by atoms with Gasteiger partial charge in [-0.2, -0.15) is 0 Å². The minimum Gasteiger partial charge on any atom is -0.370 e. The molecule has 0 saturated heterocycles. The summed E-state index contributed by atoms with van der Waals surface area (Å²) in [6.45, 7) is 14.4. The van der Waals surface area contributed by atoms with E-state index in [0.29, 0.717) is 5.41 Å². The molecular formula is C15H30N4. The molecule has 0 aromatic carbocycles. The molecule has 0 aromatic heterocycles. The van der Waals surface area contributed by atoms with Crippen LogP contribution in [0, 0.1) is 5.41 Å². The van der Waals surface area contributed by atoms with E-state index in [-0.39, 0.29) is 5.54 Å². The third-order valence-corrected chi connectivity index (χ3v) is 4.99. The molecule has 4 heteroatoms. The maximum atomic E-state index is 6.15. The molecule has 1 spiro atoms. The van der Waals surface area contributed by atoms with Gasteiger partial charge in [-0.1, -0.05) is 27.7 Å². The molecule has 19 heavy (non-hydrogen) atoms. The van der Waals surface area contributed by atoms with E-state index in [1.54, 1.807) is 0 Å². The summed E-state index contributed by atoms with van der Waals surface area (Å²) in [7, 11) is 0. The second-order valence-corrected chi connectivity index (χ2v) is 6.92. The van der Waals surface area contributed by atoms with Crippen molar-refractivity contribution in [2.75, 3.05) is 32.7 Å². The minimum atomic E-state index is 0.223. The van der Waals surface area contributed by atoms with Gasteiger partial charge in [0.1, 0.15) is 0 Å². The SMILES string of the molecule is CCN(CC)CCN1C(N)=NCC12CCC(C)(C)C2. The fourth-order valence-electron chi connectivity index (χ4n) is 3.78.